The molecule has 2 aliphatic rings. The van der Waals surface area contributed by atoms with Gasteiger partial charge in [0.2, 0.25) is 0 Å². The van der Waals surface area contributed by atoms with Gasteiger partial charge in [-0.3, -0.25) is 0 Å². The van der Waals surface area contributed by atoms with Crippen LogP contribution < -0.4 is 20.8 Å². The third kappa shape index (κ3) is 5.52. The molecule has 2 heterocycles. The van der Waals surface area contributed by atoms with E-state index < -0.39 is 17.4 Å². The summed E-state index contributed by atoms with van der Waals surface area (Å²) in [5, 5.41) is 31.5. The average Bonchev–Trinajstić information content (AvgIpc) is 2.40. The molecule has 2 saturated heterocycles. The number of aliphatic carboxylic acids is 2. The Morgan fingerprint density at radius 1 is 0.759 bits per heavy atom. The number of carbonyl (C=O) groups excluding carboxylic acids is 2. The number of carboxylic acids is 2. The van der Waals surface area contributed by atoms with Crippen LogP contribution in [0.25, 0.3) is 0 Å². The highest BCUT2D eigenvalue weighted by Gasteiger charge is 2.55. The van der Waals surface area contributed by atoms with Crippen LogP contribution in [0.3, 0.4) is 0 Å². The Balaban J connectivity index is 2.58. The maximum Gasteiger partial charge on any atom is 0.0481 e. The predicted octanol–water partition coefficient (Wildman–Crippen LogP) is 1.37. The van der Waals surface area contributed by atoms with Crippen LogP contribution in [0, 0.1) is 17.3 Å². The third-order valence-corrected chi connectivity index (χ3v) is 6.96. The normalized spacial score (nSPS) is 26.8. The van der Waals surface area contributed by atoms with Gasteiger partial charge in [-0.1, -0.05) is 0 Å². The van der Waals surface area contributed by atoms with Crippen LogP contribution in [0.15, 0.2) is 0 Å². The van der Waals surface area contributed by atoms with E-state index in [1.54, 1.807) is 0 Å². The van der Waals surface area contributed by atoms with Gasteiger partial charge in [0.1, 0.15) is 0 Å². The summed E-state index contributed by atoms with van der Waals surface area (Å²) in [4.78, 5) is 24.3. The molecular weight excluding hydrogens is 368 g/mol. The Kier molecular flexibility index (Phi) is 6.26. The first-order chi connectivity index (χ1) is 12.9. The van der Waals surface area contributed by atoms with Crippen molar-refractivity contribution in [2.75, 3.05) is 0 Å². The Morgan fingerprint density at radius 3 is 1.31 bits per heavy atom. The lowest BCUT2D eigenvalue weighted by molar-refractivity contribution is -0.329. The molecule has 0 spiro atoms. The fourth-order valence-electron chi connectivity index (χ4n) is 6.86. The monoisotopic (exact) mass is 408 g/mol. The lowest BCUT2D eigenvalue weighted by Crippen LogP contribution is -2.67. The van der Waals surface area contributed by atoms with Crippen LogP contribution in [-0.4, -0.2) is 34.1 Å². The number of piperidine rings is 2. The van der Waals surface area contributed by atoms with Gasteiger partial charge >= 0.3 is 0 Å². The summed E-state index contributed by atoms with van der Waals surface area (Å²) in [6, 6.07) is 0. The maximum absolute atomic E-state index is 12.9. The lowest BCUT2D eigenvalue weighted by Gasteiger charge is -2.59. The molecule has 29 heavy (non-hydrogen) atoms. The Morgan fingerprint density at radius 2 is 1.07 bits per heavy atom. The van der Waals surface area contributed by atoms with Gasteiger partial charge in [-0.2, -0.15) is 0 Å². The topological polar surface area (TPSA) is 104 Å². The SMILES string of the molecule is CC1(C)CC(C(CCC(=O)[O-])(C(=O)[O-])C2CC(C)(C)NC(C)(C)C2)CC(C)(C)N1. The summed E-state index contributed by atoms with van der Waals surface area (Å²) in [6.07, 6.45) is 2.48. The summed E-state index contributed by atoms with van der Waals surface area (Å²) in [5.41, 5.74) is -2.18. The fraction of sp³-hybridized carbons (Fsp3) is 0.913. The maximum atomic E-state index is 12.9. The molecule has 0 aromatic carbocycles. The number of hydrogen-bond donors (Lipinski definition) is 2. The summed E-state index contributed by atoms with van der Waals surface area (Å²) in [7, 11) is 0. The van der Waals surface area contributed by atoms with Crippen LogP contribution in [0.5, 0.6) is 0 Å². The molecule has 0 saturated carbocycles. The second kappa shape index (κ2) is 7.52. The van der Waals surface area contributed by atoms with E-state index in [1.807, 2.05) is 0 Å². The molecule has 2 fully saturated rings. The van der Waals surface area contributed by atoms with E-state index in [-0.39, 0.29) is 46.8 Å². The molecule has 0 aliphatic carbocycles. The van der Waals surface area contributed by atoms with Crippen molar-refractivity contribution in [2.24, 2.45) is 17.3 Å². The zero-order chi connectivity index (χ0) is 22.5. The van der Waals surface area contributed by atoms with Crippen LogP contribution in [0.2, 0.25) is 0 Å². The first-order valence-electron chi connectivity index (χ1n) is 10.9. The van der Waals surface area contributed by atoms with E-state index in [0.717, 1.165) is 0 Å². The molecule has 168 valence electrons. The Labute approximate surface area is 176 Å². The highest BCUT2D eigenvalue weighted by atomic mass is 16.4. The van der Waals surface area contributed by atoms with E-state index in [4.69, 9.17) is 0 Å². The van der Waals surface area contributed by atoms with Gasteiger partial charge in [0.25, 0.3) is 0 Å². The molecule has 0 aromatic heterocycles. The van der Waals surface area contributed by atoms with Crippen LogP contribution in [0.1, 0.15) is 93.9 Å². The number of hydrogen-bond acceptors (Lipinski definition) is 6. The highest BCUT2D eigenvalue weighted by molar-refractivity contribution is 5.75. The second-order valence-electron chi connectivity index (χ2n) is 12.2. The summed E-state index contributed by atoms with van der Waals surface area (Å²) in [5.74, 6) is -2.65. The quantitative estimate of drug-likeness (QED) is 0.688. The van der Waals surface area contributed by atoms with Gasteiger partial charge < -0.3 is 30.4 Å². The number of nitrogens with one attached hydrogen (secondary N) is 2. The molecule has 0 amide bonds. The second-order valence-corrected chi connectivity index (χ2v) is 12.2. The highest BCUT2D eigenvalue weighted by Crippen LogP contribution is 2.54. The van der Waals surface area contributed by atoms with E-state index in [2.05, 4.69) is 66.0 Å². The minimum atomic E-state index is -1.20. The molecule has 0 bridgehead atoms. The molecule has 0 atom stereocenters. The van der Waals surface area contributed by atoms with Crippen molar-refractivity contribution in [1.82, 2.24) is 10.6 Å². The van der Waals surface area contributed by atoms with Gasteiger partial charge in [0, 0.05) is 39.5 Å². The van der Waals surface area contributed by atoms with E-state index in [9.17, 15) is 19.8 Å². The van der Waals surface area contributed by atoms with Crippen molar-refractivity contribution in [2.45, 2.75) is 116 Å². The van der Waals surface area contributed by atoms with Crippen molar-refractivity contribution in [3.8, 4) is 0 Å². The van der Waals surface area contributed by atoms with Crippen molar-refractivity contribution >= 4 is 11.9 Å². The minimum absolute atomic E-state index is 0.0608. The molecule has 2 N–H and O–H groups in total. The van der Waals surface area contributed by atoms with Crippen LogP contribution >= 0.6 is 0 Å². The molecule has 6 heteroatoms. The number of carboxylic acid groups (broad SMARTS) is 2. The van der Waals surface area contributed by atoms with Gasteiger partial charge in [0.05, 0.1) is 0 Å². The molecular formula is C23H40N2O4-2. The molecule has 6 nitrogen and oxygen atoms in total. The van der Waals surface area contributed by atoms with E-state index in [1.165, 1.54) is 0 Å². The number of carbonyl (C=O) groups is 2. The molecule has 2 rings (SSSR count). The zero-order valence-electron chi connectivity index (χ0n) is 19.5. The minimum Gasteiger partial charge on any atom is -0.550 e. The van der Waals surface area contributed by atoms with E-state index in [0.29, 0.717) is 25.7 Å². The first kappa shape index (κ1) is 24.1. The fourth-order valence-corrected chi connectivity index (χ4v) is 6.86. The van der Waals surface area contributed by atoms with Crippen LogP contribution in [-0.2, 0) is 9.59 Å². The van der Waals surface area contributed by atoms with Gasteiger partial charge in [-0.25, -0.2) is 0 Å². The smallest absolute Gasteiger partial charge is 0.0481 e. The van der Waals surface area contributed by atoms with Crippen molar-refractivity contribution < 1.29 is 19.8 Å². The summed E-state index contributed by atoms with van der Waals surface area (Å²) in [6.45, 7) is 16.7. The number of rotatable bonds is 6. The lowest BCUT2D eigenvalue weighted by atomic mass is 9.53. The predicted molar refractivity (Wildman–Crippen MR) is 110 cm³/mol. The van der Waals surface area contributed by atoms with Crippen LogP contribution in [0.4, 0.5) is 0 Å². The largest absolute Gasteiger partial charge is 0.550 e. The third-order valence-electron chi connectivity index (χ3n) is 6.96. The molecule has 0 unspecified atom stereocenters. The van der Waals surface area contributed by atoms with Gasteiger partial charge in [-0.05, 0) is 106 Å². The van der Waals surface area contributed by atoms with Crippen molar-refractivity contribution in [3.05, 3.63) is 0 Å². The Bertz CT molecular complexity index is 581. The van der Waals surface area contributed by atoms with Crippen molar-refractivity contribution in [3.63, 3.8) is 0 Å². The van der Waals surface area contributed by atoms with Gasteiger partial charge in [-0.15, -0.1) is 0 Å². The summed E-state index contributed by atoms with van der Waals surface area (Å²) < 4.78 is 0. The molecule has 2 aliphatic heterocycles. The Hall–Kier alpha value is -1.14. The molecule has 0 aromatic rings. The van der Waals surface area contributed by atoms with Gasteiger partial charge in [0.15, 0.2) is 0 Å². The van der Waals surface area contributed by atoms with E-state index >= 15 is 0 Å². The first-order valence-corrected chi connectivity index (χ1v) is 10.9. The molecule has 0 radical (unpaired) electrons. The van der Waals surface area contributed by atoms with Crippen molar-refractivity contribution in [1.29, 1.82) is 0 Å². The standard InChI is InChI=1S/C23H42N2O4/c1-19(2)11-15(12-20(3,4)24-19)23(18(28)29,10-9-17(26)27)16-13-21(5,6)25-22(7,8)14-16/h15-16,24-25H,9-14H2,1-8H3,(H,26,27)(H,28,29)/p-2. The average molecular weight is 409 g/mol. The summed E-state index contributed by atoms with van der Waals surface area (Å²) >= 11 is 0. The zero-order valence-corrected chi connectivity index (χ0v) is 19.5.